The van der Waals surface area contributed by atoms with Gasteiger partial charge >= 0.3 is 17.9 Å². The van der Waals surface area contributed by atoms with Gasteiger partial charge in [-0.3, -0.25) is 14.4 Å². The number of carboxylic acid groups (broad SMARTS) is 1. The Morgan fingerprint density at radius 1 is 0.521 bits per heavy atom. The maximum absolute atomic E-state index is 13.4. The van der Waals surface area contributed by atoms with Crippen LogP contribution in [0.25, 0.3) is 0 Å². The molecule has 0 aromatic carbocycles. The largest absolute Gasteiger partial charge is 0.481 e. The number of unbranched alkanes of at least 4 members (excludes halogenated alkanes) is 8. The highest BCUT2D eigenvalue weighted by atomic mass is 16.8. The van der Waals surface area contributed by atoms with Crippen molar-refractivity contribution < 1.29 is 113 Å². The van der Waals surface area contributed by atoms with Crippen molar-refractivity contribution in [1.29, 1.82) is 0 Å². The smallest absolute Gasteiger partial charge is 0.311 e. The molecule has 10 N–H and O–H groups in total. The van der Waals surface area contributed by atoms with Crippen LogP contribution in [0.2, 0.25) is 0 Å². The lowest BCUT2D eigenvalue weighted by atomic mass is 9.96. The zero-order valence-electron chi connectivity index (χ0n) is 43.7. The van der Waals surface area contributed by atoms with Crippen molar-refractivity contribution in [3.8, 4) is 0 Å². The molecule has 0 spiro atoms. The summed E-state index contributed by atoms with van der Waals surface area (Å²) >= 11 is 0. The van der Waals surface area contributed by atoms with Crippen molar-refractivity contribution in [1.82, 2.24) is 0 Å². The summed E-state index contributed by atoms with van der Waals surface area (Å²) in [5.74, 6) is -4.12. The number of esters is 2. The second-order valence-electron chi connectivity index (χ2n) is 20.4. The van der Waals surface area contributed by atoms with E-state index in [1.807, 2.05) is 0 Å². The van der Waals surface area contributed by atoms with Crippen molar-refractivity contribution in [3.05, 3.63) is 0 Å². The molecule has 0 aromatic heterocycles. The van der Waals surface area contributed by atoms with Gasteiger partial charge < -0.3 is 98.4 Å². The van der Waals surface area contributed by atoms with E-state index in [9.17, 15) is 60.3 Å². The molecule has 23 heteroatoms. The molecule has 4 fully saturated rings. The first-order chi connectivity index (χ1) is 34.6. The zero-order chi connectivity index (χ0) is 54.3. The number of aliphatic carboxylic acids is 1. The molecule has 0 saturated carbocycles. The molecule has 4 aliphatic rings. The number of carbonyl (C=O) groups excluding carboxylic acids is 2. The number of aliphatic hydroxyl groups excluding tert-OH is 9. The van der Waals surface area contributed by atoms with Gasteiger partial charge in [0.05, 0.1) is 49.0 Å². The molecule has 24 atom stereocenters. The number of carbonyl (C=O) groups is 3. The SMILES string of the molecule is CCCCC[C@@H](CCCCCCCCCC(=O)O)O[C@H]1O[C@H](C)[C@H](O)[C@@H](O)[C@H]1O[C@@H]1O[C@H](CO)[C@H](O)[C@@H](O)[C@H]1O[C@@H]1O[C@H](C)[C@@H](O[C@H]2O[C@H](C)[C@H](OC(=O)C(C)C(C)O)[C@@H](O)[C@H]2O)[C@@H](O)[C@H]1OC(=O)C(C)CC. The summed E-state index contributed by atoms with van der Waals surface area (Å²) in [5.41, 5.74) is 0. The van der Waals surface area contributed by atoms with Crippen molar-refractivity contribution in [3.63, 3.8) is 0 Å². The fourth-order valence-electron chi connectivity index (χ4n) is 9.21. The minimum absolute atomic E-state index is 0.154. The lowest BCUT2D eigenvalue weighted by Gasteiger charge is -2.49. The van der Waals surface area contributed by atoms with Crippen LogP contribution in [-0.2, 0) is 61.8 Å². The van der Waals surface area contributed by atoms with Gasteiger partial charge in [0.15, 0.2) is 37.4 Å². The molecule has 73 heavy (non-hydrogen) atoms. The third-order valence-corrected chi connectivity index (χ3v) is 14.5. The molecule has 0 aliphatic carbocycles. The molecule has 4 heterocycles. The van der Waals surface area contributed by atoms with Crippen molar-refractivity contribution in [2.45, 2.75) is 280 Å². The van der Waals surface area contributed by atoms with E-state index < -0.39 is 165 Å². The summed E-state index contributed by atoms with van der Waals surface area (Å²) in [6.45, 7) is 11.8. The number of aliphatic hydroxyl groups is 9. The third kappa shape index (κ3) is 17.6. The van der Waals surface area contributed by atoms with E-state index >= 15 is 0 Å². The highest BCUT2D eigenvalue weighted by Crippen LogP contribution is 2.37. The Hall–Kier alpha value is -2.27. The molecule has 426 valence electrons. The number of rotatable bonds is 29. The van der Waals surface area contributed by atoms with Gasteiger partial charge in [0, 0.05) is 6.42 Å². The van der Waals surface area contributed by atoms with Crippen LogP contribution in [0.5, 0.6) is 0 Å². The predicted octanol–water partition coefficient (Wildman–Crippen LogP) is 1.07. The standard InChI is InChI=1S/C50H88O23/c1-9-11-17-20-30(21-18-15-13-12-14-16-19-22-32(53)54)67-48-42(35(57)33(55)27(6)64-48)73-50-43(36(58)34(56)31(23-51)68-50)72-49-44(70-45(62)24(3)10-2)39(61)41(29(8)66-49)71-47-38(60)37(59)40(28(7)65-47)69-46(63)25(4)26(5)52/h24-31,33-44,47-52,55-61H,9-23H2,1-8H3,(H,53,54)/t24?,25?,26?,27-,28-,29-,30+,31-,33+,34+,35-,36-,37+,38-,39-,40+,41-,42-,43-,44-,47-,48-,49+,50+/m1/s1. The lowest BCUT2D eigenvalue weighted by Crippen LogP contribution is -2.67. The topological polar surface area (TPSA) is 346 Å². The van der Waals surface area contributed by atoms with Gasteiger partial charge in [-0.05, 0) is 60.3 Å². The fourth-order valence-corrected chi connectivity index (χ4v) is 9.21. The Morgan fingerprint density at radius 2 is 1.01 bits per heavy atom. The number of carboxylic acids is 1. The van der Waals surface area contributed by atoms with Crippen molar-refractivity contribution in [2.75, 3.05) is 6.61 Å². The Balaban J connectivity index is 1.57. The van der Waals surface area contributed by atoms with Gasteiger partial charge in [-0.25, -0.2) is 0 Å². The molecular formula is C50H88O23. The van der Waals surface area contributed by atoms with Gasteiger partial charge in [0.25, 0.3) is 0 Å². The normalized spacial score (nSPS) is 38.8. The highest BCUT2D eigenvalue weighted by Gasteiger charge is 2.56. The second-order valence-corrected chi connectivity index (χ2v) is 20.4. The van der Waals surface area contributed by atoms with E-state index in [0.717, 1.165) is 57.8 Å². The summed E-state index contributed by atoms with van der Waals surface area (Å²) in [7, 11) is 0. The summed E-state index contributed by atoms with van der Waals surface area (Å²) in [6.07, 6.45) is -22.6. The van der Waals surface area contributed by atoms with Gasteiger partial charge in [0.1, 0.15) is 67.1 Å². The van der Waals surface area contributed by atoms with E-state index in [1.165, 1.54) is 27.7 Å². The van der Waals surface area contributed by atoms with Crippen molar-refractivity contribution in [2.24, 2.45) is 11.8 Å². The summed E-state index contributed by atoms with van der Waals surface area (Å²) in [4.78, 5) is 36.9. The number of ether oxygens (including phenoxy) is 10. The van der Waals surface area contributed by atoms with Crippen LogP contribution in [0.1, 0.15) is 145 Å². The van der Waals surface area contributed by atoms with Crippen LogP contribution in [0, 0.1) is 11.8 Å². The molecule has 4 rings (SSSR count). The monoisotopic (exact) mass is 1060 g/mol. The van der Waals surface area contributed by atoms with Gasteiger partial charge in [-0.1, -0.05) is 78.6 Å². The van der Waals surface area contributed by atoms with Gasteiger partial charge in [-0.2, -0.15) is 0 Å². The molecule has 0 aromatic rings. The van der Waals surface area contributed by atoms with E-state index in [1.54, 1.807) is 20.8 Å². The summed E-state index contributed by atoms with van der Waals surface area (Å²) < 4.78 is 60.6. The second kappa shape index (κ2) is 30.6. The molecule has 4 aliphatic heterocycles. The van der Waals surface area contributed by atoms with Crippen LogP contribution >= 0.6 is 0 Å². The van der Waals surface area contributed by atoms with Gasteiger partial charge in [-0.15, -0.1) is 0 Å². The molecule has 0 radical (unpaired) electrons. The van der Waals surface area contributed by atoms with Crippen LogP contribution in [-0.4, -0.2) is 211 Å². The molecule has 3 unspecified atom stereocenters. The Labute approximate surface area is 428 Å². The van der Waals surface area contributed by atoms with Crippen LogP contribution in [0.3, 0.4) is 0 Å². The lowest BCUT2D eigenvalue weighted by molar-refractivity contribution is -0.399. The minimum Gasteiger partial charge on any atom is -0.481 e. The zero-order valence-corrected chi connectivity index (χ0v) is 43.7. The van der Waals surface area contributed by atoms with E-state index in [2.05, 4.69) is 6.92 Å². The third-order valence-electron chi connectivity index (χ3n) is 14.5. The van der Waals surface area contributed by atoms with E-state index in [0.29, 0.717) is 25.7 Å². The fraction of sp³-hybridized carbons (Fsp3) is 0.940. The first-order valence-corrected chi connectivity index (χ1v) is 26.5. The molecule has 0 bridgehead atoms. The van der Waals surface area contributed by atoms with Gasteiger partial charge in [0.2, 0.25) is 0 Å². The average Bonchev–Trinajstić information content (AvgIpc) is 3.35. The highest BCUT2D eigenvalue weighted by molar-refractivity contribution is 5.73. The Bertz CT molecular complexity index is 1630. The first-order valence-electron chi connectivity index (χ1n) is 26.5. The van der Waals surface area contributed by atoms with Crippen molar-refractivity contribution >= 4 is 17.9 Å². The van der Waals surface area contributed by atoms with E-state index in [-0.39, 0.29) is 12.5 Å². The molecular weight excluding hydrogens is 969 g/mol. The maximum atomic E-state index is 13.4. The van der Waals surface area contributed by atoms with Crippen LogP contribution in [0.15, 0.2) is 0 Å². The minimum atomic E-state index is -1.94. The Kier molecular flexibility index (Phi) is 26.5. The summed E-state index contributed by atoms with van der Waals surface area (Å²) in [6, 6.07) is 0. The van der Waals surface area contributed by atoms with Crippen LogP contribution in [0.4, 0.5) is 0 Å². The molecule has 23 nitrogen and oxygen atoms in total. The number of hydrogen-bond donors (Lipinski definition) is 10. The quantitative estimate of drug-likeness (QED) is 0.0370. The predicted molar refractivity (Wildman–Crippen MR) is 254 cm³/mol. The first kappa shape index (κ1) is 63.3. The Morgan fingerprint density at radius 3 is 1.60 bits per heavy atom. The maximum Gasteiger partial charge on any atom is 0.311 e. The number of hydrogen-bond acceptors (Lipinski definition) is 22. The average molecular weight is 1060 g/mol. The summed E-state index contributed by atoms with van der Waals surface area (Å²) in [5, 5.41) is 109. The molecule has 4 saturated heterocycles. The van der Waals surface area contributed by atoms with E-state index in [4.69, 9.17) is 52.5 Å². The molecule has 0 amide bonds. The van der Waals surface area contributed by atoms with Crippen LogP contribution < -0.4 is 0 Å².